The molecule has 1 saturated heterocycles. The van der Waals surface area contributed by atoms with E-state index in [1.54, 1.807) is 29.2 Å². The lowest BCUT2D eigenvalue weighted by Gasteiger charge is -2.35. The molecule has 0 saturated carbocycles. The third-order valence-corrected chi connectivity index (χ3v) is 3.54. The van der Waals surface area contributed by atoms with E-state index in [-0.39, 0.29) is 18.6 Å². The number of nitriles is 1. The number of morpholine rings is 1. The Hall–Kier alpha value is -2.64. The quantitative estimate of drug-likeness (QED) is 0.848. The van der Waals surface area contributed by atoms with Crippen LogP contribution in [0.5, 0.6) is 0 Å². The monoisotopic (exact) mass is 278 g/mol. The van der Waals surface area contributed by atoms with Gasteiger partial charge in [-0.2, -0.15) is 5.26 Å². The van der Waals surface area contributed by atoms with E-state index in [0.717, 1.165) is 11.3 Å². The van der Waals surface area contributed by atoms with E-state index < -0.39 is 0 Å². The highest BCUT2D eigenvalue weighted by molar-refractivity contribution is 5.95. The summed E-state index contributed by atoms with van der Waals surface area (Å²) < 4.78 is 5.40. The topological polar surface area (TPSA) is 53.3 Å². The molecule has 4 heteroatoms. The summed E-state index contributed by atoms with van der Waals surface area (Å²) in [6.45, 7) is 0.555. The minimum atomic E-state index is -0.139. The van der Waals surface area contributed by atoms with Gasteiger partial charge in [0.1, 0.15) is 6.61 Å². The molecule has 0 spiro atoms. The predicted molar refractivity (Wildman–Crippen MR) is 78.6 cm³/mol. The molecule has 1 aliphatic heterocycles. The second kappa shape index (κ2) is 5.78. The Morgan fingerprint density at radius 2 is 1.81 bits per heavy atom. The van der Waals surface area contributed by atoms with Crippen LogP contribution in [0, 0.1) is 11.3 Å². The first-order valence-corrected chi connectivity index (χ1v) is 6.74. The molecule has 0 aromatic heterocycles. The fourth-order valence-corrected chi connectivity index (χ4v) is 2.52. The number of rotatable bonds is 2. The summed E-state index contributed by atoms with van der Waals surface area (Å²) >= 11 is 0. The summed E-state index contributed by atoms with van der Waals surface area (Å²) in [6.07, 6.45) is 0. The van der Waals surface area contributed by atoms with E-state index in [0.29, 0.717) is 12.2 Å². The molecule has 0 aliphatic carbocycles. The highest BCUT2D eigenvalue weighted by Crippen LogP contribution is 2.30. The van der Waals surface area contributed by atoms with Crippen molar-refractivity contribution in [2.24, 2.45) is 0 Å². The summed E-state index contributed by atoms with van der Waals surface area (Å²) in [5, 5.41) is 8.87. The SMILES string of the molecule is N#Cc1ccc(N2C(=O)COCC2c2ccccc2)cc1. The lowest BCUT2D eigenvalue weighted by molar-refractivity contribution is -0.127. The zero-order chi connectivity index (χ0) is 14.7. The Bertz CT molecular complexity index is 674. The minimum Gasteiger partial charge on any atom is -0.369 e. The van der Waals surface area contributed by atoms with Crippen LogP contribution < -0.4 is 4.90 Å². The van der Waals surface area contributed by atoms with Crippen LogP contribution in [0.1, 0.15) is 17.2 Å². The van der Waals surface area contributed by atoms with Crippen LogP contribution in [0.4, 0.5) is 5.69 Å². The van der Waals surface area contributed by atoms with Gasteiger partial charge in [-0.25, -0.2) is 0 Å². The third-order valence-electron chi connectivity index (χ3n) is 3.54. The molecule has 3 rings (SSSR count). The molecule has 1 unspecified atom stereocenters. The number of carbonyl (C=O) groups is 1. The fourth-order valence-electron chi connectivity index (χ4n) is 2.52. The normalized spacial score (nSPS) is 18.3. The summed E-state index contributed by atoms with van der Waals surface area (Å²) in [4.78, 5) is 14.0. The van der Waals surface area contributed by atoms with Crippen molar-refractivity contribution in [2.45, 2.75) is 6.04 Å². The summed E-state index contributed by atoms with van der Waals surface area (Å²) in [5.74, 6) is -0.0696. The molecule has 1 heterocycles. The molecule has 21 heavy (non-hydrogen) atoms. The standard InChI is InChI=1S/C17H14N2O2/c18-10-13-6-8-15(9-7-13)19-16(11-21-12-17(19)20)14-4-2-1-3-5-14/h1-9,16H,11-12H2. The van der Waals surface area contributed by atoms with Gasteiger partial charge in [-0.1, -0.05) is 30.3 Å². The molecule has 104 valence electrons. The second-order valence-corrected chi connectivity index (χ2v) is 4.86. The molecule has 1 fully saturated rings. The second-order valence-electron chi connectivity index (χ2n) is 4.86. The van der Waals surface area contributed by atoms with Crippen LogP contribution in [0.2, 0.25) is 0 Å². The van der Waals surface area contributed by atoms with Crippen molar-refractivity contribution in [3.63, 3.8) is 0 Å². The first-order chi connectivity index (χ1) is 10.3. The molecule has 2 aromatic carbocycles. The van der Waals surface area contributed by atoms with Crippen LogP contribution in [-0.2, 0) is 9.53 Å². The Kier molecular flexibility index (Phi) is 3.67. The van der Waals surface area contributed by atoms with E-state index in [9.17, 15) is 4.79 Å². The number of anilines is 1. The van der Waals surface area contributed by atoms with Gasteiger partial charge in [-0.05, 0) is 29.8 Å². The fraction of sp³-hybridized carbons (Fsp3) is 0.176. The maximum Gasteiger partial charge on any atom is 0.253 e. The Morgan fingerprint density at radius 3 is 2.48 bits per heavy atom. The first-order valence-electron chi connectivity index (χ1n) is 6.74. The maximum absolute atomic E-state index is 12.3. The highest BCUT2D eigenvalue weighted by atomic mass is 16.5. The van der Waals surface area contributed by atoms with Crippen LogP contribution in [0.15, 0.2) is 54.6 Å². The number of hydrogen-bond acceptors (Lipinski definition) is 3. The summed E-state index contributed by atoms with van der Waals surface area (Å²) in [5.41, 5.74) is 2.40. The van der Waals surface area contributed by atoms with E-state index in [2.05, 4.69) is 6.07 Å². The molecule has 0 bridgehead atoms. The van der Waals surface area contributed by atoms with Gasteiger partial charge < -0.3 is 9.64 Å². The summed E-state index contributed by atoms with van der Waals surface area (Å²) in [7, 11) is 0. The van der Waals surface area contributed by atoms with Crippen molar-refractivity contribution < 1.29 is 9.53 Å². The van der Waals surface area contributed by atoms with Gasteiger partial charge in [0.05, 0.1) is 24.3 Å². The Labute approximate surface area is 123 Å². The lowest BCUT2D eigenvalue weighted by atomic mass is 10.0. The molecule has 0 radical (unpaired) electrons. The minimum absolute atomic E-state index is 0.0696. The first kappa shape index (κ1) is 13.3. The molecular formula is C17H14N2O2. The zero-order valence-electron chi connectivity index (χ0n) is 11.4. The molecule has 1 amide bonds. The summed E-state index contributed by atoms with van der Waals surface area (Å²) in [6, 6.07) is 18.8. The maximum atomic E-state index is 12.3. The molecule has 2 aromatic rings. The Morgan fingerprint density at radius 1 is 1.10 bits per heavy atom. The number of hydrogen-bond donors (Lipinski definition) is 0. The van der Waals surface area contributed by atoms with Crippen LogP contribution >= 0.6 is 0 Å². The van der Waals surface area contributed by atoms with E-state index in [1.165, 1.54) is 0 Å². The van der Waals surface area contributed by atoms with Gasteiger partial charge in [-0.15, -0.1) is 0 Å². The number of amides is 1. The zero-order valence-corrected chi connectivity index (χ0v) is 11.4. The third kappa shape index (κ3) is 2.64. The van der Waals surface area contributed by atoms with Crippen LogP contribution in [-0.4, -0.2) is 19.1 Å². The lowest BCUT2D eigenvalue weighted by Crippen LogP contribution is -2.44. The number of ether oxygens (including phenoxy) is 1. The van der Waals surface area contributed by atoms with E-state index >= 15 is 0 Å². The molecule has 0 N–H and O–H groups in total. The van der Waals surface area contributed by atoms with Gasteiger partial charge in [-0.3, -0.25) is 4.79 Å². The largest absolute Gasteiger partial charge is 0.369 e. The van der Waals surface area contributed by atoms with Gasteiger partial charge in [0.25, 0.3) is 5.91 Å². The molecular weight excluding hydrogens is 264 g/mol. The van der Waals surface area contributed by atoms with E-state index in [4.69, 9.17) is 10.00 Å². The van der Waals surface area contributed by atoms with Crippen molar-refractivity contribution in [1.82, 2.24) is 0 Å². The molecule has 1 atom stereocenters. The van der Waals surface area contributed by atoms with Crippen molar-refractivity contribution in [1.29, 1.82) is 5.26 Å². The van der Waals surface area contributed by atoms with Gasteiger partial charge in [0.15, 0.2) is 0 Å². The smallest absolute Gasteiger partial charge is 0.253 e. The average molecular weight is 278 g/mol. The Balaban J connectivity index is 1.98. The van der Waals surface area contributed by atoms with Crippen molar-refractivity contribution in [2.75, 3.05) is 18.1 Å². The van der Waals surface area contributed by atoms with Gasteiger partial charge in [0, 0.05) is 5.69 Å². The van der Waals surface area contributed by atoms with Crippen LogP contribution in [0.25, 0.3) is 0 Å². The number of benzene rings is 2. The van der Waals surface area contributed by atoms with Crippen molar-refractivity contribution >= 4 is 11.6 Å². The number of nitrogens with zero attached hydrogens (tertiary/aromatic N) is 2. The average Bonchev–Trinajstić information content (AvgIpc) is 2.55. The van der Waals surface area contributed by atoms with Crippen LogP contribution in [0.3, 0.4) is 0 Å². The van der Waals surface area contributed by atoms with Gasteiger partial charge in [0.2, 0.25) is 0 Å². The predicted octanol–water partition coefficient (Wildman–Crippen LogP) is 2.66. The van der Waals surface area contributed by atoms with Crippen molar-refractivity contribution in [3.05, 3.63) is 65.7 Å². The van der Waals surface area contributed by atoms with Gasteiger partial charge >= 0.3 is 0 Å². The number of carbonyl (C=O) groups excluding carboxylic acids is 1. The van der Waals surface area contributed by atoms with E-state index in [1.807, 2.05) is 30.3 Å². The molecule has 1 aliphatic rings. The highest BCUT2D eigenvalue weighted by Gasteiger charge is 2.31. The molecule has 4 nitrogen and oxygen atoms in total. The van der Waals surface area contributed by atoms with Crippen molar-refractivity contribution in [3.8, 4) is 6.07 Å².